The van der Waals surface area contributed by atoms with E-state index in [0.717, 1.165) is 28.0 Å². The lowest BCUT2D eigenvalue weighted by atomic mass is 9.95. The molecule has 1 amide bonds. The van der Waals surface area contributed by atoms with Crippen LogP contribution in [0.4, 0.5) is 4.79 Å². The number of rotatable bonds is 5. The second-order valence-corrected chi connectivity index (χ2v) is 7.21. The third-order valence-corrected chi connectivity index (χ3v) is 5.28. The fraction of sp³-hybridized carbons (Fsp3) is 0.208. The fourth-order valence-corrected chi connectivity index (χ4v) is 3.91. The summed E-state index contributed by atoms with van der Waals surface area (Å²) >= 11 is 0. The molecule has 0 aromatic heterocycles. The van der Waals surface area contributed by atoms with E-state index < -0.39 is 6.09 Å². The van der Waals surface area contributed by atoms with Gasteiger partial charge in [0.05, 0.1) is 6.04 Å². The van der Waals surface area contributed by atoms with Crippen LogP contribution < -0.4 is 10.1 Å². The first-order valence-electron chi connectivity index (χ1n) is 9.50. The highest BCUT2D eigenvalue weighted by atomic mass is 16.5. The molecule has 4 nitrogen and oxygen atoms in total. The van der Waals surface area contributed by atoms with E-state index in [4.69, 9.17) is 4.74 Å². The Bertz CT molecular complexity index is 984. The van der Waals surface area contributed by atoms with Crippen molar-refractivity contribution < 1.29 is 14.6 Å². The summed E-state index contributed by atoms with van der Waals surface area (Å²) in [6, 6.07) is 24.0. The zero-order chi connectivity index (χ0) is 19.5. The van der Waals surface area contributed by atoms with E-state index in [1.54, 1.807) is 0 Å². The first-order valence-corrected chi connectivity index (χ1v) is 9.50. The third kappa shape index (κ3) is 3.72. The molecule has 4 rings (SSSR count). The topological polar surface area (TPSA) is 58.6 Å². The van der Waals surface area contributed by atoms with Crippen LogP contribution in [0.3, 0.4) is 0 Å². The molecule has 0 saturated heterocycles. The van der Waals surface area contributed by atoms with Crippen LogP contribution in [0.5, 0.6) is 5.75 Å². The fourth-order valence-electron chi connectivity index (χ4n) is 3.91. The quantitative estimate of drug-likeness (QED) is 0.672. The van der Waals surface area contributed by atoms with Crippen LogP contribution in [-0.2, 0) is 12.8 Å². The molecule has 3 aromatic rings. The molecule has 0 spiro atoms. The summed E-state index contributed by atoms with van der Waals surface area (Å²) in [4.78, 5) is 11.4. The van der Waals surface area contributed by atoms with Crippen LogP contribution in [0.25, 0.3) is 11.1 Å². The van der Waals surface area contributed by atoms with Crippen molar-refractivity contribution in [3.05, 3.63) is 89.5 Å². The van der Waals surface area contributed by atoms with Crippen molar-refractivity contribution >= 4 is 6.09 Å². The average molecular weight is 373 g/mol. The van der Waals surface area contributed by atoms with Gasteiger partial charge >= 0.3 is 6.09 Å². The van der Waals surface area contributed by atoms with E-state index in [9.17, 15) is 9.90 Å². The maximum atomic E-state index is 11.4. The van der Waals surface area contributed by atoms with Crippen molar-refractivity contribution in [2.45, 2.75) is 31.9 Å². The van der Waals surface area contributed by atoms with Gasteiger partial charge in [-0.1, -0.05) is 72.8 Å². The minimum absolute atomic E-state index is 0.239. The van der Waals surface area contributed by atoms with Crippen molar-refractivity contribution in [3.8, 4) is 16.9 Å². The number of carbonyl (C=O) groups is 1. The summed E-state index contributed by atoms with van der Waals surface area (Å²) in [5.41, 5.74) is 5.60. The van der Waals surface area contributed by atoms with E-state index in [1.165, 1.54) is 5.56 Å². The van der Waals surface area contributed by atoms with Gasteiger partial charge in [0.2, 0.25) is 0 Å². The number of fused-ring (bicyclic) bond motifs is 1. The number of hydrogen-bond donors (Lipinski definition) is 2. The molecular formula is C24H23NO3. The highest BCUT2D eigenvalue weighted by Gasteiger charge is 2.33. The van der Waals surface area contributed by atoms with Gasteiger partial charge in [0, 0.05) is 12.0 Å². The van der Waals surface area contributed by atoms with Gasteiger partial charge in [-0.3, -0.25) is 0 Å². The van der Waals surface area contributed by atoms with Crippen molar-refractivity contribution in [1.82, 2.24) is 5.32 Å². The normalized spacial score (nSPS) is 16.1. The zero-order valence-corrected chi connectivity index (χ0v) is 15.8. The molecule has 1 aliphatic heterocycles. The Kier molecular flexibility index (Phi) is 5.02. The Balaban J connectivity index is 1.63. The van der Waals surface area contributed by atoms with Gasteiger partial charge in [-0.15, -0.1) is 0 Å². The van der Waals surface area contributed by atoms with Crippen molar-refractivity contribution in [2.75, 3.05) is 0 Å². The summed E-state index contributed by atoms with van der Waals surface area (Å²) < 4.78 is 6.36. The summed E-state index contributed by atoms with van der Waals surface area (Å²) in [5, 5.41) is 12.0. The minimum atomic E-state index is -1.03. The van der Waals surface area contributed by atoms with Gasteiger partial charge in [0.15, 0.2) is 0 Å². The molecule has 2 unspecified atom stereocenters. The Morgan fingerprint density at radius 1 is 1.04 bits per heavy atom. The van der Waals surface area contributed by atoms with E-state index in [2.05, 4.69) is 36.5 Å². The third-order valence-electron chi connectivity index (χ3n) is 5.28. The SMILES string of the molecule is Cc1ccccc1-c1cccc2c1OC(C(Cc1ccccc1)NC(=O)O)C2. The molecule has 2 N–H and O–H groups in total. The number of para-hydroxylation sites is 1. The summed E-state index contributed by atoms with van der Waals surface area (Å²) in [5.74, 6) is 0.868. The van der Waals surface area contributed by atoms with Crippen molar-refractivity contribution in [1.29, 1.82) is 0 Å². The molecule has 0 saturated carbocycles. The molecule has 2 atom stereocenters. The molecule has 142 valence electrons. The van der Waals surface area contributed by atoms with E-state index in [-0.39, 0.29) is 12.1 Å². The molecule has 0 aliphatic carbocycles. The number of aryl methyl sites for hydroxylation is 1. The summed E-state index contributed by atoms with van der Waals surface area (Å²) in [7, 11) is 0. The van der Waals surface area contributed by atoms with Crippen LogP contribution in [0.2, 0.25) is 0 Å². The number of hydrogen-bond acceptors (Lipinski definition) is 2. The average Bonchev–Trinajstić information content (AvgIpc) is 3.13. The molecule has 1 heterocycles. The highest BCUT2D eigenvalue weighted by molar-refractivity contribution is 5.75. The second kappa shape index (κ2) is 7.77. The first kappa shape index (κ1) is 18.1. The molecule has 0 fully saturated rings. The molecule has 1 aliphatic rings. The maximum absolute atomic E-state index is 11.4. The number of carboxylic acid groups (broad SMARTS) is 1. The predicted molar refractivity (Wildman–Crippen MR) is 110 cm³/mol. The summed E-state index contributed by atoms with van der Waals surface area (Å²) in [6.07, 6.45) is 0.00861. The van der Waals surface area contributed by atoms with Crippen LogP contribution >= 0.6 is 0 Å². The van der Waals surface area contributed by atoms with Crippen LogP contribution in [0, 0.1) is 6.92 Å². The number of benzene rings is 3. The highest BCUT2D eigenvalue weighted by Crippen LogP contribution is 2.40. The Morgan fingerprint density at radius 3 is 2.50 bits per heavy atom. The Labute approximate surface area is 164 Å². The molecule has 3 aromatic carbocycles. The molecule has 28 heavy (non-hydrogen) atoms. The van der Waals surface area contributed by atoms with Gasteiger partial charge in [-0.2, -0.15) is 0 Å². The first-order chi connectivity index (χ1) is 13.6. The van der Waals surface area contributed by atoms with Crippen LogP contribution in [0.15, 0.2) is 72.8 Å². The van der Waals surface area contributed by atoms with E-state index in [0.29, 0.717) is 12.8 Å². The smallest absolute Gasteiger partial charge is 0.405 e. The summed E-state index contributed by atoms with van der Waals surface area (Å²) in [6.45, 7) is 2.09. The standard InChI is InChI=1S/C24H23NO3/c1-16-8-5-6-12-19(16)20-13-7-11-18-15-22(28-23(18)20)21(25-24(26)27)14-17-9-3-2-4-10-17/h2-13,21-22,25H,14-15H2,1H3,(H,26,27). The van der Waals surface area contributed by atoms with Gasteiger partial charge in [-0.05, 0) is 35.6 Å². The minimum Gasteiger partial charge on any atom is -0.487 e. The van der Waals surface area contributed by atoms with E-state index in [1.807, 2.05) is 48.5 Å². The largest absolute Gasteiger partial charge is 0.487 e. The van der Waals surface area contributed by atoms with Gasteiger partial charge in [0.1, 0.15) is 11.9 Å². The molecule has 4 heteroatoms. The predicted octanol–water partition coefficient (Wildman–Crippen LogP) is 4.84. The van der Waals surface area contributed by atoms with Crippen molar-refractivity contribution in [3.63, 3.8) is 0 Å². The lowest BCUT2D eigenvalue weighted by molar-refractivity contribution is 0.154. The van der Waals surface area contributed by atoms with Crippen molar-refractivity contribution in [2.24, 2.45) is 0 Å². The maximum Gasteiger partial charge on any atom is 0.405 e. The van der Waals surface area contributed by atoms with Gasteiger partial charge < -0.3 is 15.2 Å². The zero-order valence-electron chi connectivity index (χ0n) is 15.8. The molecular weight excluding hydrogens is 350 g/mol. The Morgan fingerprint density at radius 2 is 1.75 bits per heavy atom. The van der Waals surface area contributed by atoms with Gasteiger partial charge in [-0.25, -0.2) is 4.79 Å². The number of ether oxygens (including phenoxy) is 1. The Hall–Kier alpha value is -3.27. The number of nitrogens with one attached hydrogen (secondary N) is 1. The lowest BCUT2D eigenvalue weighted by Crippen LogP contribution is -2.46. The van der Waals surface area contributed by atoms with Crippen LogP contribution in [0.1, 0.15) is 16.7 Å². The molecule has 0 bridgehead atoms. The number of amides is 1. The van der Waals surface area contributed by atoms with E-state index >= 15 is 0 Å². The second-order valence-electron chi connectivity index (χ2n) is 7.21. The van der Waals surface area contributed by atoms with Crippen LogP contribution in [-0.4, -0.2) is 23.3 Å². The van der Waals surface area contributed by atoms with Gasteiger partial charge in [0.25, 0.3) is 0 Å². The monoisotopic (exact) mass is 373 g/mol. The lowest BCUT2D eigenvalue weighted by Gasteiger charge is -2.24. The molecule has 0 radical (unpaired) electrons.